The highest BCUT2D eigenvalue weighted by atomic mass is 15.2. The molecule has 70 valence electrons. The van der Waals surface area contributed by atoms with Gasteiger partial charge in [0.15, 0.2) is 5.96 Å². The molecule has 3 heteroatoms. The van der Waals surface area contributed by atoms with Crippen molar-refractivity contribution in [1.29, 1.82) is 0 Å². The van der Waals surface area contributed by atoms with Crippen LogP contribution in [0.4, 0.5) is 0 Å². The van der Waals surface area contributed by atoms with Crippen LogP contribution >= 0.6 is 0 Å². The van der Waals surface area contributed by atoms with E-state index >= 15 is 0 Å². The van der Waals surface area contributed by atoms with E-state index < -0.39 is 0 Å². The largest absolute Gasteiger partial charge is 0.370 e. The third kappa shape index (κ3) is 2.13. The first-order chi connectivity index (χ1) is 5.75. The van der Waals surface area contributed by atoms with Gasteiger partial charge >= 0.3 is 0 Å². The first-order valence-corrected chi connectivity index (χ1v) is 4.71. The fraction of sp³-hybridized carbons (Fsp3) is 0.889. The average molecular weight is 169 g/mol. The van der Waals surface area contributed by atoms with Gasteiger partial charge in [-0.05, 0) is 12.8 Å². The lowest BCUT2D eigenvalue weighted by Crippen LogP contribution is -2.42. The third-order valence-electron chi connectivity index (χ3n) is 2.71. The molecular weight excluding hydrogens is 150 g/mol. The van der Waals surface area contributed by atoms with Gasteiger partial charge in [0.25, 0.3) is 0 Å². The fourth-order valence-corrected chi connectivity index (χ4v) is 1.81. The van der Waals surface area contributed by atoms with Gasteiger partial charge in [0.2, 0.25) is 0 Å². The number of aliphatic imine (C=N–C) groups is 1. The lowest BCUT2D eigenvalue weighted by molar-refractivity contribution is 0.276. The van der Waals surface area contributed by atoms with E-state index in [1.54, 1.807) is 7.05 Å². The summed E-state index contributed by atoms with van der Waals surface area (Å²) in [7, 11) is 3.78. The molecular formula is C9H19N3. The molecule has 0 heterocycles. The number of nitrogens with two attached hydrogens (primary N) is 1. The number of rotatable bonds is 1. The Kier molecular flexibility index (Phi) is 3.38. The molecule has 0 atom stereocenters. The van der Waals surface area contributed by atoms with Crippen LogP contribution in [0.15, 0.2) is 4.99 Å². The lowest BCUT2D eigenvalue weighted by atomic mass is 9.95. The molecule has 1 aliphatic carbocycles. The molecule has 3 nitrogen and oxygen atoms in total. The topological polar surface area (TPSA) is 41.6 Å². The average Bonchev–Trinajstić information content (AvgIpc) is 2.17. The Hall–Kier alpha value is -0.730. The molecule has 0 saturated heterocycles. The van der Waals surface area contributed by atoms with Crippen LogP contribution in [0.3, 0.4) is 0 Å². The minimum Gasteiger partial charge on any atom is -0.370 e. The zero-order valence-corrected chi connectivity index (χ0v) is 8.08. The minimum absolute atomic E-state index is 0.627. The summed E-state index contributed by atoms with van der Waals surface area (Å²) in [5, 5.41) is 0. The lowest BCUT2D eigenvalue weighted by Gasteiger charge is -2.31. The summed E-state index contributed by atoms with van der Waals surface area (Å²) in [5.74, 6) is 0.668. The van der Waals surface area contributed by atoms with E-state index in [4.69, 9.17) is 5.73 Å². The zero-order valence-electron chi connectivity index (χ0n) is 8.08. The molecule has 0 aromatic carbocycles. The van der Waals surface area contributed by atoms with E-state index in [1.807, 2.05) is 7.05 Å². The van der Waals surface area contributed by atoms with Crippen molar-refractivity contribution in [2.24, 2.45) is 10.7 Å². The Labute approximate surface area is 74.6 Å². The van der Waals surface area contributed by atoms with Crippen LogP contribution in [0.1, 0.15) is 32.1 Å². The van der Waals surface area contributed by atoms with Crippen molar-refractivity contribution in [2.45, 2.75) is 38.1 Å². The maximum atomic E-state index is 5.72. The number of hydrogen-bond acceptors (Lipinski definition) is 1. The number of nitrogens with zero attached hydrogens (tertiary/aromatic N) is 2. The van der Waals surface area contributed by atoms with Crippen LogP contribution in [-0.2, 0) is 0 Å². The summed E-state index contributed by atoms with van der Waals surface area (Å²) in [4.78, 5) is 6.09. The Morgan fingerprint density at radius 3 is 2.42 bits per heavy atom. The summed E-state index contributed by atoms with van der Waals surface area (Å²) in [6.07, 6.45) is 6.60. The van der Waals surface area contributed by atoms with Crippen molar-refractivity contribution in [3.05, 3.63) is 0 Å². The van der Waals surface area contributed by atoms with E-state index in [1.165, 1.54) is 32.1 Å². The van der Waals surface area contributed by atoms with Crippen LogP contribution in [0.25, 0.3) is 0 Å². The van der Waals surface area contributed by atoms with Gasteiger partial charge in [-0.15, -0.1) is 0 Å². The Morgan fingerprint density at radius 2 is 1.92 bits per heavy atom. The highest BCUT2D eigenvalue weighted by molar-refractivity contribution is 5.77. The molecule has 1 aliphatic rings. The van der Waals surface area contributed by atoms with Crippen LogP contribution < -0.4 is 5.73 Å². The van der Waals surface area contributed by atoms with Gasteiger partial charge in [-0.25, -0.2) is 0 Å². The highest BCUT2D eigenvalue weighted by Gasteiger charge is 2.18. The zero-order chi connectivity index (χ0) is 8.97. The fourth-order valence-electron chi connectivity index (χ4n) is 1.81. The first-order valence-electron chi connectivity index (χ1n) is 4.71. The molecule has 1 rings (SSSR count). The Balaban J connectivity index is 2.44. The molecule has 0 bridgehead atoms. The first kappa shape index (κ1) is 9.36. The van der Waals surface area contributed by atoms with Crippen LogP contribution in [0, 0.1) is 0 Å². The monoisotopic (exact) mass is 169 g/mol. The van der Waals surface area contributed by atoms with Crippen LogP contribution in [0.2, 0.25) is 0 Å². The highest BCUT2D eigenvalue weighted by Crippen LogP contribution is 2.21. The molecule has 1 fully saturated rings. The summed E-state index contributed by atoms with van der Waals surface area (Å²) in [5.41, 5.74) is 5.72. The van der Waals surface area contributed by atoms with E-state index in [9.17, 15) is 0 Å². The predicted octanol–water partition coefficient (Wildman–Crippen LogP) is 1.20. The number of hydrogen-bond donors (Lipinski definition) is 1. The molecule has 1 saturated carbocycles. The van der Waals surface area contributed by atoms with Gasteiger partial charge in [0.1, 0.15) is 0 Å². The standard InChI is InChI=1S/C9H19N3/c1-11-9(10)12(2)8-6-4-3-5-7-8/h8H,3-7H2,1-2H3,(H2,10,11). The maximum Gasteiger partial charge on any atom is 0.190 e. The van der Waals surface area contributed by atoms with Gasteiger partial charge < -0.3 is 10.6 Å². The van der Waals surface area contributed by atoms with Gasteiger partial charge in [-0.2, -0.15) is 0 Å². The Morgan fingerprint density at radius 1 is 1.33 bits per heavy atom. The van der Waals surface area contributed by atoms with Gasteiger partial charge in [0.05, 0.1) is 0 Å². The third-order valence-corrected chi connectivity index (χ3v) is 2.71. The van der Waals surface area contributed by atoms with Crippen molar-refractivity contribution in [1.82, 2.24) is 4.90 Å². The molecule has 2 N–H and O–H groups in total. The van der Waals surface area contributed by atoms with Gasteiger partial charge in [-0.3, -0.25) is 4.99 Å². The van der Waals surface area contributed by atoms with E-state index in [2.05, 4.69) is 9.89 Å². The molecule has 0 amide bonds. The van der Waals surface area contributed by atoms with Crippen molar-refractivity contribution in [3.8, 4) is 0 Å². The second kappa shape index (κ2) is 4.33. The minimum atomic E-state index is 0.627. The van der Waals surface area contributed by atoms with Gasteiger partial charge in [-0.1, -0.05) is 19.3 Å². The molecule has 0 spiro atoms. The summed E-state index contributed by atoms with van der Waals surface area (Å²) < 4.78 is 0. The molecule has 0 radical (unpaired) electrons. The van der Waals surface area contributed by atoms with E-state index in [0.717, 1.165) is 0 Å². The summed E-state index contributed by atoms with van der Waals surface area (Å²) in [6, 6.07) is 0.627. The summed E-state index contributed by atoms with van der Waals surface area (Å²) >= 11 is 0. The summed E-state index contributed by atoms with van der Waals surface area (Å²) in [6.45, 7) is 0. The predicted molar refractivity (Wildman–Crippen MR) is 52.2 cm³/mol. The molecule has 0 unspecified atom stereocenters. The van der Waals surface area contributed by atoms with Crippen molar-refractivity contribution >= 4 is 5.96 Å². The molecule has 0 aromatic rings. The second-order valence-electron chi connectivity index (χ2n) is 3.48. The molecule has 0 aliphatic heterocycles. The van der Waals surface area contributed by atoms with Crippen LogP contribution in [-0.4, -0.2) is 31.0 Å². The van der Waals surface area contributed by atoms with Crippen molar-refractivity contribution in [3.63, 3.8) is 0 Å². The van der Waals surface area contributed by atoms with E-state index in [-0.39, 0.29) is 0 Å². The second-order valence-corrected chi connectivity index (χ2v) is 3.48. The SMILES string of the molecule is CN=C(N)N(C)C1CCCCC1. The van der Waals surface area contributed by atoms with Gasteiger partial charge in [0, 0.05) is 20.1 Å². The van der Waals surface area contributed by atoms with Crippen molar-refractivity contribution in [2.75, 3.05) is 14.1 Å². The molecule has 12 heavy (non-hydrogen) atoms. The smallest absolute Gasteiger partial charge is 0.190 e. The normalized spacial score (nSPS) is 21.0. The maximum absolute atomic E-state index is 5.72. The van der Waals surface area contributed by atoms with Crippen molar-refractivity contribution < 1.29 is 0 Å². The molecule has 0 aromatic heterocycles. The Bertz CT molecular complexity index is 159. The van der Waals surface area contributed by atoms with E-state index in [0.29, 0.717) is 12.0 Å². The van der Waals surface area contributed by atoms with Crippen LogP contribution in [0.5, 0.6) is 0 Å². The quantitative estimate of drug-likeness (QED) is 0.473. The number of guanidine groups is 1.